The third-order valence-electron chi connectivity index (χ3n) is 6.12. The molecule has 0 fully saturated rings. The van der Waals surface area contributed by atoms with Crippen molar-refractivity contribution in [3.05, 3.63) is 65.7 Å². The number of aliphatic hydroxyl groups excluding tert-OH is 1. The molecule has 0 spiro atoms. The first kappa shape index (κ1) is 20.4. The fourth-order valence-electron chi connectivity index (χ4n) is 4.42. The van der Waals surface area contributed by atoms with Crippen molar-refractivity contribution >= 4 is 11.6 Å². The summed E-state index contributed by atoms with van der Waals surface area (Å²) < 4.78 is 11.4. The van der Waals surface area contributed by atoms with Crippen LogP contribution in [0.5, 0.6) is 11.5 Å². The lowest BCUT2D eigenvalue weighted by Gasteiger charge is -2.20. The van der Waals surface area contributed by atoms with Crippen LogP contribution in [0, 0.1) is 6.92 Å². The molecule has 6 heteroatoms. The Morgan fingerprint density at radius 1 is 0.969 bits per heavy atom. The smallest absolute Gasteiger partial charge is 0.242 e. The Labute approximate surface area is 187 Å². The van der Waals surface area contributed by atoms with Gasteiger partial charge in [0.25, 0.3) is 0 Å². The Balaban J connectivity index is 1.50. The minimum absolute atomic E-state index is 0.00594. The number of fused-ring (bicyclic) bond motifs is 2. The van der Waals surface area contributed by atoms with Gasteiger partial charge in [0.15, 0.2) is 11.5 Å². The molecular formula is C26H26N2O4. The predicted octanol–water partition coefficient (Wildman–Crippen LogP) is 3.85. The molecule has 2 N–H and O–H groups in total. The molecule has 0 aromatic heterocycles. The summed E-state index contributed by atoms with van der Waals surface area (Å²) in [5.74, 6) is 1.56. The highest BCUT2D eigenvalue weighted by molar-refractivity contribution is 5.85. The average Bonchev–Trinajstić information content (AvgIpc) is 2.97. The van der Waals surface area contributed by atoms with Crippen LogP contribution in [0.3, 0.4) is 0 Å². The maximum absolute atomic E-state index is 12.3. The van der Waals surface area contributed by atoms with E-state index in [1.807, 2.05) is 12.1 Å². The van der Waals surface area contributed by atoms with Gasteiger partial charge in [-0.25, -0.2) is 0 Å². The van der Waals surface area contributed by atoms with Crippen LogP contribution in [0.2, 0.25) is 0 Å². The second-order valence-electron chi connectivity index (χ2n) is 8.10. The number of rotatable bonds is 4. The van der Waals surface area contributed by atoms with Crippen LogP contribution in [-0.4, -0.2) is 48.8 Å². The van der Waals surface area contributed by atoms with Gasteiger partial charge < -0.3 is 24.8 Å². The number of amides is 1. The zero-order valence-corrected chi connectivity index (χ0v) is 18.1. The Bertz CT molecular complexity index is 1170. The Kier molecular flexibility index (Phi) is 5.45. The van der Waals surface area contributed by atoms with Crippen molar-refractivity contribution in [1.82, 2.24) is 4.90 Å². The number of nitrogens with zero attached hydrogens (tertiary/aromatic N) is 1. The highest BCUT2D eigenvalue weighted by atomic mass is 16.6. The molecule has 3 aromatic carbocycles. The number of hydrogen-bond acceptors (Lipinski definition) is 5. The van der Waals surface area contributed by atoms with Gasteiger partial charge in [-0.2, -0.15) is 0 Å². The number of nitrogens with one attached hydrogen (secondary N) is 1. The van der Waals surface area contributed by atoms with Crippen LogP contribution in [0.1, 0.15) is 11.1 Å². The van der Waals surface area contributed by atoms with E-state index in [1.165, 1.54) is 5.56 Å². The van der Waals surface area contributed by atoms with Crippen molar-refractivity contribution in [2.75, 3.05) is 38.2 Å². The van der Waals surface area contributed by atoms with Crippen molar-refractivity contribution in [3.8, 4) is 33.8 Å². The molecule has 0 saturated carbocycles. The lowest BCUT2D eigenvalue weighted by Crippen LogP contribution is -2.34. The van der Waals surface area contributed by atoms with E-state index in [0.717, 1.165) is 45.0 Å². The number of anilines is 1. The maximum Gasteiger partial charge on any atom is 0.242 e. The largest absolute Gasteiger partial charge is 0.486 e. The fourth-order valence-corrected chi connectivity index (χ4v) is 4.42. The summed E-state index contributed by atoms with van der Waals surface area (Å²) in [5, 5.41) is 12.5. The van der Waals surface area contributed by atoms with Gasteiger partial charge in [-0.3, -0.25) is 4.79 Å². The minimum Gasteiger partial charge on any atom is -0.486 e. The van der Waals surface area contributed by atoms with Crippen LogP contribution < -0.4 is 14.8 Å². The number of ether oxygens (including phenoxy) is 2. The first-order valence-corrected chi connectivity index (χ1v) is 10.9. The van der Waals surface area contributed by atoms with E-state index in [4.69, 9.17) is 9.47 Å². The van der Waals surface area contributed by atoms with E-state index in [0.29, 0.717) is 26.3 Å². The van der Waals surface area contributed by atoms with Crippen LogP contribution in [-0.2, 0) is 11.3 Å². The van der Waals surface area contributed by atoms with Gasteiger partial charge in [-0.05, 0) is 58.5 Å². The van der Waals surface area contributed by atoms with Crippen molar-refractivity contribution in [2.45, 2.75) is 13.5 Å². The SMILES string of the molecule is Cc1c(-c2ccc3c(c2)NCC(=O)N(CCO)C3)cccc1-c1ccc2c(c1)OCCO2. The summed E-state index contributed by atoms with van der Waals surface area (Å²) >= 11 is 0. The van der Waals surface area contributed by atoms with E-state index in [9.17, 15) is 9.90 Å². The molecule has 2 aliphatic heterocycles. The van der Waals surface area contributed by atoms with Gasteiger partial charge in [0.05, 0.1) is 13.2 Å². The molecule has 2 heterocycles. The molecule has 5 rings (SSSR count). The van der Waals surface area contributed by atoms with E-state index >= 15 is 0 Å². The summed E-state index contributed by atoms with van der Waals surface area (Å²) in [6.07, 6.45) is 0. The normalized spacial score (nSPS) is 15.1. The molecule has 164 valence electrons. The van der Waals surface area contributed by atoms with Gasteiger partial charge in [0.2, 0.25) is 5.91 Å². The molecule has 0 bridgehead atoms. The Morgan fingerprint density at radius 3 is 2.47 bits per heavy atom. The third kappa shape index (κ3) is 3.78. The van der Waals surface area contributed by atoms with Gasteiger partial charge >= 0.3 is 0 Å². The predicted molar refractivity (Wildman–Crippen MR) is 124 cm³/mol. The molecule has 0 atom stereocenters. The second kappa shape index (κ2) is 8.55. The monoisotopic (exact) mass is 430 g/mol. The average molecular weight is 431 g/mol. The van der Waals surface area contributed by atoms with Crippen LogP contribution in [0.25, 0.3) is 22.3 Å². The Morgan fingerprint density at radius 2 is 1.69 bits per heavy atom. The van der Waals surface area contributed by atoms with Crippen molar-refractivity contribution < 1.29 is 19.4 Å². The maximum atomic E-state index is 12.3. The molecule has 3 aromatic rings. The zero-order valence-electron chi connectivity index (χ0n) is 18.1. The first-order valence-electron chi connectivity index (χ1n) is 10.9. The summed E-state index contributed by atoms with van der Waals surface area (Å²) in [7, 11) is 0. The Hall–Kier alpha value is -3.51. The molecule has 6 nitrogen and oxygen atoms in total. The molecular weight excluding hydrogens is 404 g/mol. The van der Waals surface area contributed by atoms with E-state index < -0.39 is 0 Å². The first-order chi connectivity index (χ1) is 15.6. The zero-order chi connectivity index (χ0) is 22.1. The third-order valence-corrected chi connectivity index (χ3v) is 6.12. The topological polar surface area (TPSA) is 71.0 Å². The molecule has 1 amide bonds. The minimum atomic E-state index is -0.0367. The number of hydrogen-bond donors (Lipinski definition) is 2. The lowest BCUT2D eigenvalue weighted by atomic mass is 9.92. The number of benzene rings is 3. The number of carbonyl (C=O) groups excluding carboxylic acids is 1. The van der Waals surface area contributed by atoms with Gasteiger partial charge in [0, 0.05) is 18.8 Å². The summed E-state index contributed by atoms with van der Waals surface area (Å²) in [4.78, 5) is 14.0. The molecule has 32 heavy (non-hydrogen) atoms. The standard InChI is InChI=1S/C26H26N2O4/c1-17-21(3-2-4-22(17)19-7-8-24-25(14-19)32-12-11-31-24)18-5-6-20-16-28(9-10-29)26(30)15-27-23(20)13-18/h2-8,13-14,27,29H,9-12,15-16H2,1H3. The van der Waals surface area contributed by atoms with Crippen LogP contribution >= 0.6 is 0 Å². The highest BCUT2D eigenvalue weighted by Crippen LogP contribution is 2.38. The molecule has 0 unspecified atom stereocenters. The summed E-state index contributed by atoms with van der Waals surface area (Å²) in [5.41, 5.74) is 7.66. The lowest BCUT2D eigenvalue weighted by molar-refractivity contribution is -0.130. The van der Waals surface area contributed by atoms with Gasteiger partial charge in [0.1, 0.15) is 13.2 Å². The van der Waals surface area contributed by atoms with Gasteiger partial charge in [-0.15, -0.1) is 0 Å². The number of β-amino-alcohol motifs (C(OH)–C–C–N with tert-alkyl or cyclic N) is 1. The summed E-state index contributed by atoms with van der Waals surface area (Å²) in [6.45, 7) is 4.31. The fraction of sp³-hybridized carbons (Fsp3) is 0.269. The quantitative estimate of drug-likeness (QED) is 0.658. The molecule has 0 radical (unpaired) electrons. The van der Waals surface area contributed by atoms with E-state index in [2.05, 4.69) is 54.7 Å². The number of aliphatic hydroxyl groups is 1. The van der Waals surface area contributed by atoms with E-state index in [1.54, 1.807) is 4.90 Å². The van der Waals surface area contributed by atoms with Crippen molar-refractivity contribution in [3.63, 3.8) is 0 Å². The molecule has 2 aliphatic rings. The van der Waals surface area contributed by atoms with Crippen LogP contribution in [0.15, 0.2) is 54.6 Å². The van der Waals surface area contributed by atoms with Crippen molar-refractivity contribution in [1.29, 1.82) is 0 Å². The van der Waals surface area contributed by atoms with Gasteiger partial charge in [-0.1, -0.05) is 36.4 Å². The number of carbonyl (C=O) groups is 1. The molecule has 0 aliphatic carbocycles. The summed E-state index contributed by atoms with van der Waals surface area (Å²) in [6, 6.07) is 18.7. The van der Waals surface area contributed by atoms with E-state index in [-0.39, 0.29) is 19.1 Å². The van der Waals surface area contributed by atoms with Crippen LogP contribution in [0.4, 0.5) is 5.69 Å². The molecule has 0 saturated heterocycles. The highest BCUT2D eigenvalue weighted by Gasteiger charge is 2.20. The second-order valence-corrected chi connectivity index (χ2v) is 8.10. The van der Waals surface area contributed by atoms with Crippen molar-refractivity contribution in [2.24, 2.45) is 0 Å².